The Morgan fingerprint density at radius 1 is 1.04 bits per heavy atom. The van der Waals surface area contributed by atoms with E-state index in [0.29, 0.717) is 5.56 Å². The second-order valence-corrected chi connectivity index (χ2v) is 11.3. The van der Waals surface area contributed by atoms with Gasteiger partial charge in [0.15, 0.2) is 0 Å². The summed E-state index contributed by atoms with van der Waals surface area (Å²) in [5.74, 6) is 0. The lowest BCUT2D eigenvalue weighted by Gasteiger charge is -2.38. The normalized spacial score (nSPS) is 17.5. The van der Waals surface area contributed by atoms with Crippen LogP contribution in [0.1, 0.15) is 47.1 Å². The van der Waals surface area contributed by atoms with Gasteiger partial charge in [-0.05, 0) is 53.2 Å². The van der Waals surface area contributed by atoms with Crippen LogP contribution in [0.5, 0.6) is 0 Å². The van der Waals surface area contributed by atoms with Crippen LogP contribution < -0.4 is 0 Å². The Balaban J connectivity index is 3.54. The van der Waals surface area contributed by atoms with Crippen molar-refractivity contribution in [1.29, 1.82) is 0 Å². The van der Waals surface area contributed by atoms with Crippen LogP contribution in [0.3, 0.4) is 0 Å². The molecule has 26 heavy (non-hydrogen) atoms. The van der Waals surface area contributed by atoms with Crippen molar-refractivity contribution in [1.82, 2.24) is 4.98 Å². The number of hydrogen-bond donors (Lipinski definition) is 2. The smallest absolute Gasteiger partial charge is 0.367 e. The zero-order chi connectivity index (χ0) is 20.2. The van der Waals surface area contributed by atoms with E-state index in [1.165, 1.54) is 26.2 Å². The summed E-state index contributed by atoms with van der Waals surface area (Å²) >= 11 is 0. The number of nitrogens with zero attached hydrogens (tertiary/aromatic N) is 1. The van der Waals surface area contributed by atoms with Crippen LogP contribution in [0.15, 0.2) is 24.5 Å². The molecular formula is C16H29NO7P2. The van der Waals surface area contributed by atoms with E-state index >= 15 is 0 Å². The van der Waals surface area contributed by atoms with Gasteiger partial charge in [-0.3, -0.25) is 14.1 Å². The topological polar surface area (TPSA) is 115 Å². The minimum atomic E-state index is -4.86. The van der Waals surface area contributed by atoms with E-state index in [-0.39, 0.29) is 0 Å². The zero-order valence-corrected chi connectivity index (χ0v) is 17.8. The Bertz CT molecular complexity index is 652. The Morgan fingerprint density at radius 3 is 1.92 bits per heavy atom. The van der Waals surface area contributed by atoms with Crippen LogP contribution in [0.25, 0.3) is 0 Å². The molecule has 0 aliphatic heterocycles. The molecule has 1 aromatic heterocycles. The summed E-state index contributed by atoms with van der Waals surface area (Å²) in [6.45, 7) is 9.42. The Morgan fingerprint density at radius 2 is 1.54 bits per heavy atom. The van der Waals surface area contributed by atoms with Gasteiger partial charge in [-0.1, -0.05) is 6.07 Å². The van der Waals surface area contributed by atoms with Crippen molar-refractivity contribution >= 4 is 15.2 Å². The van der Waals surface area contributed by atoms with E-state index in [1.54, 1.807) is 39.8 Å². The first-order valence-corrected chi connectivity index (χ1v) is 11.5. The fraction of sp³-hybridized carbons (Fsp3) is 0.688. The molecule has 10 heteroatoms. The van der Waals surface area contributed by atoms with Crippen molar-refractivity contribution in [2.75, 3.05) is 0 Å². The summed E-state index contributed by atoms with van der Waals surface area (Å²) in [4.78, 5) is 14.5. The fourth-order valence-electron chi connectivity index (χ4n) is 2.25. The average molecular weight is 409 g/mol. The lowest BCUT2D eigenvalue weighted by Crippen LogP contribution is -2.36. The molecule has 0 fully saturated rings. The molecule has 1 rings (SSSR count). The van der Waals surface area contributed by atoms with Crippen LogP contribution in [-0.4, -0.2) is 38.4 Å². The first kappa shape index (κ1) is 23.4. The number of rotatable bonds is 10. The van der Waals surface area contributed by atoms with E-state index in [4.69, 9.17) is 13.6 Å². The molecule has 0 bridgehead atoms. The summed E-state index contributed by atoms with van der Waals surface area (Å²) in [6, 6.07) is 3.18. The van der Waals surface area contributed by atoms with Crippen molar-refractivity contribution in [3.8, 4) is 0 Å². The highest BCUT2D eigenvalue weighted by atomic mass is 31.2. The predicted molar refractivity (Wildman–Crippen MR) is 99.0 cm³/mol. The van der Waals surface area contributed by atoms with Crippen molar-refractivity contribution in [2.45, 2.75) is 71.4 Å². The molecule has 0 saturated heterocycles. The third-order valence-electron chi connectivity index (χ3n) is 3.11. The zero-order valence-electron chi connectivity index (χ0n) is 16.0. The SMILES string of the molecule is CC(C)OP(=O)(O)C(O)(Cc1cccnc1)P(=O)(OC(C)C)OC(C)C. The van der Waals surface area contributed by atoms with Gasteiger partial charge < -0.3 is 23.6 Å². The summed E-state index contributed by atoms with van der Waals surface area (Å²) in [5, 5.41) is 8.49. The second kappa shape index (κ2) is 9.07. The molecule has 1 heterocycles. The van der Waals surface area contributed by atoms with E-state index in [0.717, 1.165) is 0 Å². The average Bonchev–Trinajstić information content (AvgIpc) is 2.44. The Kier molecular flexibility index (Phi) is 8.18. The van der Waals surface area contributed by atoms with Gasteiger partial charge in [-0.2, -0.15) is 0 Å². The van der Waals surface area contributed by atoms with Gasteiger partial charge in [0, 0.05) is 18.8 Å². The molecule has 0 aromatic carbocycles. The molecule has 2 N–H and O–H groups in total. The molecule has 0 aliphatic carbocycles. The van der Waals surface area contributed by atoms with Gasteiger partial charge >= 0.3 is 15.2 Å². The Hall–Kier alpha value is -0.590. The molecule has 0 spiro atoms. The van der Waals surface area contributed by atoms with E-state index in [9.17, 15) is 19.1 Å². The van der Waals surface area contributed by atoms with Crippen molar-refractivity contribution in [3.05, 3.63) is 30.1 Å². The first-order chi connectivity index (χ1) is 11.8. The quantitative estimate of drug-likeness (QED) is 0.559. The molecule has 1 aromatic rings. The molecule has 150 valence electrons. The second-order valence-electron chi connectivity index (χ2n) is 6.79. The third kappa shape index (κ3) is 5.70. The molecule has 8 nitrogen and oxygen atoms in total. The molecular weight excluding hydrogens is 380 g/mol. The minimum Gasteiger partial charge on any atom is -0.367 e. The minimum absolute atomic E-state index is 0.386. The van der Waals surface area contributed by atoms with Crippen LogP contribution in [0.2, 0.25) is 0 Å². The maximum absolute atomic E-state index is 13.6. The predicted octanol–water partition coefficient (Wildman–Crippen LogP) is 3.92. The number of aliphatic hydroxyl groups is 1. The van der Waals surface area contributed by atoms with Crippen LogP contribution in [0.4, 0.5) is 0 Å². The fourth-order valence-corrected chi connectivity index (χ4v) is 6.91. The highest BCUT2D eigenvalue weighted by Crippen LogP contribution is 2.76. The number of pyridine rings is 1. The molecule has 2 unspecified atom stereocenters. The van der Waals surface area contributed by atoms with Crippen molar-refractivity contribution in [3.63, 3.8) is 0 Å². The molecule has 0 amide bonds. The summed E-state index contributed by atoms with van der Waals surface area (Å²) in [7, 11) is -9.36. The number of hydrogen-bond acceptors (Lipinski definition) is 7. The van der Waals surface area contributed by atoms with Gasteiger partial charge in [0.1, 0.15) is 0 Å². The van der Waals surface area contributed by atoms with E-state index in [1.807, 2.05) is 0 Å². The van der Waals surface area contributed by atoms with Gasteiger partial charge in [-0.25, -0.2) is 0 Å². The third-order valence-corrected chi connectivity index (χ3v) is 8.81. The maximum atomic E-state index is 13.6. The Labute approximate surface area is 155 Å². The van der Waals surface area contributed by atoms with Gasteiger partial charge in [0.25, 0.3) is 5.08 Å². The van der Waals surface area contributed by atoms with Crippen molar-refractivity contribution in [2.24, 2.45) is 0 Å². The summed E-state index contributed by atoms with van der Waals surface area (Å²) in [6.07, 6.45) is 0.476. The van der Waals surface area contributed by atoms with Gasteiger partial charge in [0.05, 0.1) is 18.3 Å². The summed E-state index contributed by atoms with van der Waals surface area (Å²) < 4.78 is 42.5. The molecule has 2 atom stereocenters. The molecule has 0 aliphatic rings. The van der Waals surface area contributed by atoms with E-state index in [2.05, 4.69) is 4.98 Å². The van der Waals surface area contributed by atoms with Gasteiger partial charge in [0.2, 0.25) is 0 Å². The van der Waals surface area contributed by atoms with E-state index < -0.39 is 45.0 Å². The maximum Gasteiger partial charge on any atom is 0.375 e. The van der Waals surface area contributed by atoms with Crippen LogP contribution in [0, 0.1) is 0 Å². The lowest BCUT2D eigenvalue weighted by atomic mass is 10.2. The lowest BCUT2D eigenvalue weighted by molar-refractivity contribution is 0.0612. The highest BCUT2D eigenvalue weighted by molar-refractivity contribution is 7.73. The van der Waals surface area contributed by atoms with Crippen LogP contribution in [-0.2, 0) is 29.1 Å². The standard InChI is InChI=1S/C16H29NO7P2/c1-12(2)22-25(19,20)16(18,10-15-8-7-9-17-11-15)26(21,23-13(3)4)24-14(5)6/h7-9,11-14,18H,10H2,1-6H3,(H,19,20). The summed E-state index contributed by atoms with van der Waals surface area (Å²) in [5.41, 5.74) is 0.386. The van der Waals surface area contributed by atoms with Crippen molar-refractivity contribution < 1.29 is 32.7 Å². The van der Waals surface area contributed by atoms with Crippen LogP contribution >= 0.6 is 15.2 Å². The van der Waals surface area contributed by atoms with Gasteiger partial charge in [-0.15, -0.1) is 0 Å². The largest absolute Gasteiger partial charge is 0.375 e. The number of aromatic nitrogens is 1. The molecule has 0 radical (unpaired) electrons. The monoisotopic (exact) mass is 409 g/mol. The highest BCUT2D eigenvalue weighted by Gasteiger charge is 2.64. The first-order valence-electron chi connectivity index (χ1n) is 8.42. The molecule has 0 saturated carbocycles.